The van der Waals surface area contributed by atoms with Crippen molar-refractivity contribution in [1.29, 1.82) is 0 Å². The molecule has 0 atom stereocenters. The molecule has 3 heteroatoms. The Kier molecular flexibility index (Phi) is 3.31. The zero-order chi connectivity index (χ0) is 14.2. The Morgan fingerprint density at radius 2 is 2.05 bits per heavy atom. The van der Waals surface area contributed by atoms with E-state index in [-0.39, 0.29) is 0 Å². The molecule has 0 unspecified atom stereocenters. The fourth-order valence-electron chi connectivity index (χ4n) is 2.19. The Bertz CT molecular complexity index is 644. The topological polar surface area (TPSA) is 50.2 Å². The van der Waals surface area contributed by atoms with Gasteiger partial charge in [0, 0.05) is 5.39 Å². The number of rotatable bonds is 3. The Hall–Kier alpha value is -1.90. The number of hydrogen-bond acceptors (Lipinski definition) is 2. The Morgan fingerprint density at radius 1 is 1.37 bits per heavy atom. The van der Waals surface area contributed by atoms with Crippen molar-refractivity contribution in [3.8, 4) is 0 Å². The molecule has 0 aliphatic heterocycles. The highest BCUT2D eigenvalue weighted by Gasteiger charge is 2.31. The molecular weight excluding hydrogens is 238 g/mol. The van der Waals surface area contributed by atoms with E-state index in [4.69, 9.17) is 0 Å². The molecule has 0 aliphatic carbocycles. The molecule has 19 heavy (non-hydrogen) atoms. The first kappa shape index (κ1) is 13.5. The number of para-hydroxylation sites is 1. The predicted octanol–water partition coefficient (Wildman–Crippen LogP) is 3.47. The maximum Gasteiger partial charge on any atom is 0.315 e. The van der Waals surface area contributed by atoms with Gasteiger partial charge in [-0.05, 0) is 44.4 Å². The first-order valence-corrected chi connectivity index (χ1v) is 6.51. The van der Waals surface area contributed by atoms with Crippen LogP contribution in [0, 0.1) is 6.92 Å². The summed E-state index contributed by atoms with van der Waals surface area (Å²) in [5.41, 5.74) is 2.80. The van der Waals surface area contributed by atoms with E-state index >= 15 is 0 Å². The van der Waals surface area contributed by atoms with Gasteiger partial charge in [0.1, 0.15) is 5.41 Å². The molecule has 1 aromatic heterocycles. The number of pyridine rings is 1. The minimum atomic E-state index is -0.972. The number of benzene rings is 1. The molecule has 2 aromatic rings. The van der Waals surface area contributed by atoms with Crippen LogP contribution in [-0.4, -0.2) is 16.1 Å². The van der Waals surface area contributed by atoms with Crippen LogP contribution in [0.5, 0.6) is 0 Å². The lowest BCUT2D eigenvalue weighted by molar-refractivity contribution is -0.142. The van der Waals surface area contributed by atoms with Crippen LogP contribution in [0.15, 0.2) is 24.3 Å². The van der Waals surface area contributed by atoms with E-state index in [0.717, 1.165) is 28.5 Å². The minimum Gasteiger partial charge on any atom is -0.481 e. The van der Waals surface area contributed by atoms with Crippen molar-refractivity contribution in [2.75, 3.05) is 0 Å². The molecule has 0 saturated carbocycles. The second-order valence-corrected chi connectivity index (χ2v) is 5.42. The molecule has 3 nitrogen and oxygen atoms in total. The number of aromatic nitrogens is 1. The maximum absolute atomic E-state index is 11.4. The van der Waals surface area contributed by atoms with Gasteiger partial charge in [-0.3, -0.25) is 9.78 Å². The number of aliphatic carboxylic acids is 1. The molecule has 1 heterocycles. The number of carboxylic acid groups (broad SMARTS) is 1. The van der Waals surface area contributed by atoms with Crippen LogP contribution in [0.25, 0.3) is 10.9 Å². The third-order valence-electron chi connectivity index (χ3n) is 3.69. The number of fused-ring (bicyclic) bond motifs is 1. The van der Waals surface area contributed by atoms with Crippen LogP contribution < -0.4 is 0 Å². The summed E-state index contributed by atoms with van der Waals surface area (Å²) in [5, 5.41) is 10.4. The van der Waals surface area contributed by atoms with Crippen LogP contribution in [-0.2, 0) is 16.6 Å². The van der Waals surface area contributed by atoms with Gasteiger partial charge in [-0.25, -0.2) is 0 Å². The Morgan fingerprint density at radius 3 is 2.63 bits per heavy atom. The molecule has 0 fully saturated rings. The van der Waals surface area contributed by atoms with Gasteiger partial charge in [-0.2, -0.15) is 0 Å². The van der Waals surface area contributed by atoms with E-state index in [1.807, 2.05) is 31.2 Å². The number of nitrogens with zero attached hydrogens (tertiary/aromatic N) is 1. The molecule has 0 amide bonds. The molecule has 1 N–H and O–H groups in total. The van der Waals surface area contributed by atoms with Gasteiger partial charge in [0.25, 0.3) is 0 Å². The molecule has 100 valence electrons. The van der Waals surface area contributed by atoms with Crippen molar-refractivity contribution in [3.63, 3.8) is 0 Å². The van der Waals surface area contributed by atoms with Crippen molar-refractivity contribution >= 4 is 16.9 Å². The van der Waals surface area contributed by atoms with Gasteiger partial charge >= 0.3 is 5.97 Å². The van der Waals surface area contributed by atoms with Gasteiger partial charge in [-0.15, -0.1) is 0 Å². The molecular formula is C16H19NO2. The quantitative estimate of drug-likeness (QED) is 0.916. The van der Waals surface area contributed by atoms with Crippen molar-refractivity contribution in [3.05, 3.63) is 41.1 Å². The van der Waals surface area contributed by atoms with Gasteiger partial charge < -0.3 is 5.11 Å². The average Bonchev–Trinajstić information content (AvgIpc) is 2.37. The summed E-state index contributed by atoms with van der Waals surface area (Å²) in [5.74, 6) is -0.854. The zero-order valence-electron chi connectivity index (χ0n) is 11.8. The van der Waals surface area contributed by atoms with Gasteiger partial charge in [0.05, 0.1) is 11.2 Å². The van der Waals surface area contributed by atoms with Gasteiger partial charge in [0.15, 0.2) is 0 Å². The van der Waals surface area contributed by atoms with E-state index in [2.05, 4.69) is 11.9 Å². The molecule has 0 aliphatic rings. The van der Waals surface area contributed by atoms with E-state index in [1.54, 1.807) is 13.8 Å². The standard InChI is InChI=1S/C16H19NO2/c1-5-11-7-6-8-12-10(2)9-13(17-14(11)12)16(3,4)15(18)19/h6-9H,5H2,1-4H3,(H,18,19). The van der Waals surface area contributed by atoms with Crippen molar-refractivity contribution in [1.82, 2.24) is 4.98 Å². The number of aryl methyl sites for hydroxylation is 2. The van der Waals surface area contributed by atoms with Crippen LogP contribution in [0.1, 0.15) is 37.6 Å². The highest BCUT2D eigenvalue weighted by molar-refractivity contribution is 5.87. The third kappa shape index (κ3) is 2.21. The molecule has 2 rings (SSSR count). The van der Waals surface area contributed by atoms with E-state index in [0.29, 0.717) is 5.69 Å². The number of carboxylic acids is 1. The van der Waals surface area contributed by atoms with Gasteiger partial charge in [-0.1, -0.05) is 25.1 Å². The Labute approximate surface area is 113 Å². The second-order valence-electron chi connectivity index (χ2n) is 5.42. The molecule has 0 radical (unpaired) electrons. The molecule has 0 bridgehead atoms. The third-order valence-corrected chi connectivity index (χ3v) is 3.69. The van der Waals surface area contributed by atoms with Crippen LogP contribution in [0.2, 0.25) is 0 Å². The minimum absolute atomic E-state index is 0.617. The summed E-state index contributed by atoms with van der Waals surface area (Å²) in [7, 11) is 0. The van der Waals surface area contributed by atoms with Crippen molar-refractivity contribution in [2.24, 2.45) is 0 Å². The number of hydrogen-bond donors (Lipinski definition) is 1. The largest absolute Gasteiger partial charge is 0.481 e. The fourth-order valence-corrected chi connectivity index (χ4v) is 2.19. The fraction of sp³-hybridized carbons (Fsp3) is 0.375. The van der Waals surface area contributed by atoms with Gasteiger partial charge in [0.2, 0.25) is 0 Å². The van der Waals surface area contributed by atoms with Crippen molar-refractivity contribution < 1.29 is 9.90 Å². The number of carbonyl (C=O) groups is 1. The highest BCUT2D eigenvalue weighted by Crippen LogP contribution is 2.28. The highest BCUT2D eigenvalue weighted by atomic mass is 16.4. The average molecular weight is 257 g/mol. The molecule has 0 saturated heterocycles. The van der Waals surface area contributed by atoms with E-state index in [9.17, 15) is 9.90 Å². The molecule has 1 aromatic carbocycles. The van der Waals surface area contributed by atoms with E-state index in [1.165, 1.54) is 0 Å². The summed E-state index contributed by atoms with van der Waals surface area (Å²) in [6.45, 7) is 7.47. The predicted molar refractivity (Wildman–Crippen MR) is 76.5 cm³/mol. The smallest absolute Gasteiger partial charge is 0.315 e. The lowest BCUT2D eigenvalue weighted by atomic mass is 9.87. The summed E-state index contributed by atoms with van der Waals surface area (Å²) in [6, 6.07) is 7.99. The SMILES string of the molecule is CCc1cccc2c(C)cc(C(C)(C)C(=O)O)nc12. The normalized spacial score (nSPS) is 11.8. The van der Waals surface area contributed by atoms with Crippen LogP contribution >= 0.6 is 0 Å². The molecule has 0 spiro atoms. The van der Waals surface area contributed by atoms with E-state index < -0.39 is 11.4 Å². The first-order valence-electron chi connectivity index (χ1n) is 6.51. The van der Waals surface area contributed by atoms with Crippen molar-refractivity contribution in [2.45, 2.75) is 39.5 Å². The summed E-state index contributed by atoms with van der Waals surface area (Å²) in [4.78, 5) is 16.0. The van der Waals surface area contributed by atoms with Crippen LogP contribution in [0.3, 0.4) is 0 Å². The zero-order valence-corrected chi connectivity index (χ0v) is 11.8. The lowest BCUT2D eigenvalue weighted by Gasteiger charge is -2.20. The summed E-state index contributed by atoms with van der Waals surface area (Å²) in [6.07, 6.45) is 0.890. The Balaban J connectivity index is 2.77. The summed E-state index contributed by atoms with van der Waals surface area (Å²) < 4.78 is 0. The second kappa shape index (κ2) is 4.65. The van der Waals surface area contributed by atoms with Crippen LogP contribution in [0.4, 0.5) is 0 Å². The lowest BCUT2D eigenvalue weighted by Crippen LogP contribution is -2.29. The monoisotopic (exact) mass is 257 g/mol. The maximum atomic E-state index is 11.4. The first-order chi connectivity index (χ1) is 8.87. The summed E-state index contributed by atoms with van der Waals surface area (Å²) >= 11 is 0.